The van der Waals surface area contributed by atoms with Gasteiger partial charge >= 0.3 is 0 Å². The Labute approximate surface area is 164 Å². The third-order valence-corrected chi connectivity index (χ3v) is 5.60. The summed E-state index contributed by atoms with van der Waals surface area (Å²) in [7, 11) is 3.11. The summed E-state index contributed by atoms with van der Waals surface area (Å²) in [5.74, 6) is 1.67. The summed E-state index contributed by atoms with van der Waals surface area (Å²) in [6, 6.07) is 11.8. The zero-order valence-electron chi connectivity index (χ0n) is 16.1. The molecular formula is C21H24N2O3S. The highest BCUT2D eigenvalue weighted by molar-refractivity contribution is 8.13. The van der Waals surface area contributed by atoms with E-state index in [1.807, 2.05) is 0 Å². The molecule has 0 N–H and O–H groups in total. The number of hydrogen-bond acceptors (Lipinski definition) is 5. The lowest BCUT2D eigenvalue weighted by Gasteiger charge is -2.20. The van der Waals surface area contributed by atoms with E-state index in [0.717, 1.165) is 10.9 Å². The number of rotatable bonds is 5. The molecule has 1 aliphatic rings. The fourth-order valence-electron chi connectivity index (χ4n) is 3.04. The lowest BCUT2D eigenvalue weighted by molar-refractivity contribution is 0.0856. The average Bonchev–Trinajstić information content (AvgIpc) is 3.15. The number of amides is 1. The van der Waals surface area contributed by atoms with Crippen molar-refractivity contribution < 1.29 is 14.3 Å². The number of aryl methyl sites for hydroxylation is 2. The predicted molar refractivity (Wildman–Crippen MR) is 110 cm³/mol. The summed E-state index contributed by atoms with van der Waals surface area (Å²) in [5, 5.41) is 0.755. The third-order valence-electron chi connectivity index (χ3n) is 4.54. The van der Waals surface area contributed by atoms with E-state index >= 15 is 0 Å². The highest BCUT2D eigenvalue weighted by atomic mass is 32.2. The normalized spacial score (nSPS) is 13.5. The molecule has 5 nitrogen and oxygen atoms in total. The van der Waals surface area contributed by atoms with Crippen molar-refractivity contribution in [3.05, 3.63) is 58.7 Å². The maximum atomic E-state index is 13.1. The zero-order valence-corrected chi connectivity index (χ0v) is 16.9. The molecule has 3 rings (SSSR count). The highest BCUT2D eigenvalue weighted by Gasteiger charge is 2.28. The molecule has 142 valence electrons. The van der Waals surface area contributed by atoms with E-state index < -0.39 is 0 Å². The van der Waals surface area contributed by atoms with E-state index in [9.17, 15) is 4.79 Å². The number of amidine groups is 1. The van der Waals surface area contributed by atoms with Crippen molar-refractivity contribution in [1.82, 2.24) is 4.90 Å². The minimum atomic E-state index is -0.115. The Morgan fingerprint density at radius 3 is 2.74 bits per heavy atom. The Hall–Kier alpha value is -2.47. The average molecular weight is 385 g/mol. The molecule has 6 heteroatoms. The number of ether oxygens (including phenoxy) is 2. The molecule has 0 aromatic heterocycles. The SMILES string of the molecule is COc1cccc(C(=O)N2CCN=C2SCc2cc(C)ccc2C)c1OC. The Morgan fingerprint density at radius 1 is 1.19 bits per heavy atom. The molecule has 1 aliphatic heterocycles. The molecule has 1 heterocycles. The first-order valence-electron chi connectivity index (χ1n) is 8.81. The third kappa shape index (κ3) is 4.11. The maximum absolute atomic E-state index is 13.1. The van der Waals surface area contributed by atoms with Crippen molar-refractivity contribution in [2.24, 2.45) is 4.99 Å². The van der Waals surface area contributed by atoms with E-state index in [-0.39, 0.29) is 5.91 Å². The molecule has 2 aromatic rings. The molecule has 0 unspecified atom stereocenters. The van der Waals surface area contributed by atoms with Crippen molar-refractivity contribution >= 4 is 22.8 Å². The molecule has 0 aliphatic carbocycles. The quantitative estimate of drug-likeness (QED) is 0.780. The molecule has 0 atom stereocenters. The van der Waals surface area contributed by atoms with Gasteiger partial charge in [0.15, 0.2) is 16.7 Å². The molecule has 0 saturated heterocycles. The summed E-state index contributed by atoms with van der Waals surface area (Å²) in [6.45, 7) is 5.39. The molecule has 0 bridgehead atoms. The lowest BCUT2D eigenvalue weighted by Crippen LogP contribution is -2.33. The standard InChI is InChI=1S/C21H24N2O3S/c1-14-8-9-15(2)16(12-14)13-27-21-22-10-11-23(21)20(24)17-6-5-7-18(25-3)19(17)26-4/h5-9,12H,10-11,13H2,1-4H3. The van der Waals surface area contributed by atoms with E-state index in [1.54, 1.807) is 49.1 Å². The van der Waals surface area contributed by atoms with Gasteiger partial charge in [-0.1, -0.05) is 41.6 Å². The fraction of sp³-hybridized carbons (Fsp3) is 0.333. The van der Waals surface area contributed by atoms with Crippen LogP contribution in [0.4, 0.5) is 0 Å². The van der Waals surface area contributed by atoms with E-state index in [2.05, 4.69) is 37.0 Å². The second-order valence-corrected chi connectivity index (χ2v) is 7.32. The Bertz CT molecular complexity index is 880. The van der Waals surface area contributed by atoms with Crippen LogP contribution in [0.15, 0.2) is 41.4 Å². The predicted octanol–water partition coefficient (Wildman–Crippen LogP) is 4.07. The minimum absolute atomic E-state index is 0.115. The molecule has 0 spiro atoms. The van der Waals surface area contributed by atoms with Crippen molar-refractivity contribution in [3.63, 3.8) is 0 Å². The van der Waals surface area contributed by atoms with Gasteiger partial charge in [0.1, 0.15) is 0 Å². The zero-order chi connectivity index (χ0) is 19.4. The van der Waals surface area contributed by atoms with Crippen LogP contribution in [0.1, 0.15) is 27.0 Å². The first-order valence-corrected chi connectivity index (χ1v) is 9.80. The Balaban J connectivity index is 1.78. The van der Waals surface area contributed by atoms with Crippen molar-refractivity contribution in [3.8, 4) is 11.5 Å². The second kappa shape index (κ2) is 8.48. The number of hydrogen-bond donors (Lipinski definition) is 0. The number of thioether (sulfide) groups is 1. The lowest BCUT2D eigenvalue weighted by atomic mass is 10.1. The van der Waals surface area contributed by atoms with Gasteiger partial charge in [0, 0.05) is 12.3 Å². The number of carbonyl (C=O) groups is 1. The van der Waals surface area contributed by atoms with Crippen molar-refractivity contribution in [2.45, 2.75) is 19.6 Å². The van der Waals surface area contributed by atoms with Crippen LogP contribution in [0, 0.1) is 13.8 Å². The molecule has 0 saturated carbocycles. The molecule has 0 fully saturated rings. The van der Waals surface area contributed by atoms with Gasteiger partial charge in [-0.25, -0.2) is 0 Å². The number of para-hydroxylation sites is 1. The topological polar surface area (TPSA) is 51.1 Å². The molecule has 2 aromatic carbocycles. The smallest absolute Gasteiger partial charge is 0.263 e. The van der Waals surface area contributed by atoms with Gasteiger partial charge in [0.25, 0.3) is 5.91 Å². The van der Waals surface area contributed by atoms with Crippen molar-refractivity contribution in [1.29, 1.82) is 0 Å². The summed E-state index contributed by atoms with van der Waals surface area (Å²) in [6.07, 6.45) is 0. The summed E-state index contributed by atoms with van der Waals surface area (Å²) in [5.41, 5.74) is 4.23. The van der Waals surface area contributed by atoms with Crippen LogP contribution in [0.3, 0.4) is 0 Å². The highest BCUT2D eigenvalue weighted by Crippen LogP contribution is 2.33. The van der Waals surface area contributed by atoms with Gasteiger partial charge in [0.05, 0.1) is 26.3 Å². The fourth-order valence-corrected chi connectivity index (χ4v) is 4.15. The van der Waals surface area contributed by atoms with E-state index in [1.165, 1.54) is 16.7 Å². The van der Waals surface area contributed by atoms with Crippen LogP contribution in [0.25, 0.3) is 0 Å². The van der Waals surface area contributed by atoms with Gasteiger partial charge in [-0.05, 0) is 37.1 Å². The van der Waals surface area contributed by atoms with Gasteiger partial charge in [-0.3, -0.25) is 14.7 Å². The maximum Gasteiger partial charge on any atom is 0.263 e. The number of methoxy groups -OCH3 is 2. The van der Waals surface area contributed by atoms with Gasteiger partial charge in [-0.15, -0.1) is 0 Å². The van der Waals surface area contributed by atoms with Crippen LogP contribution < -0.4 is 9.47 Å². The van der Waals surface area contributed by atoms with Crippen LogP contribution in [0.5, 0.6) is 11.5 Å². The van der Waals surface area contributed by atoms with Crippen LogP contribution >= 0.6 is 11.8 Å². The molecule has 1 amide bonds. The number of nitrogens with zero attached hydrogens (tertiary/aromatic N) is 2. The van der Waals surface area contributed by atoms with Crippen LogP contribution in [-0.4, -0.2) is 43.3 Å². The van der Waals surface area contributed by atoms with Gasteiger partial charge < -0.3 is 9.47 Å². The largest absolute Gasteiger partial charge is 0.493 e. The molecular weight excluding hydrogens is 360 g/mol. The number of carbonyl (C=O) groups excluding carboxylic acids is 1. The van der Waals surface area contributed by atoms with Crippen molar-refractivity contribution in [2.75, 3.05) is 27.3 Å². The summed E-state index contributed by atoms with van der Waals surface area (Å²) >= 11 is 1.60. The van der Waals surface area contributed by atoms with Gasteiger partial charge in [0.2, 0.25) is 0 Å². The molecule has 0 radical (unpaired) electrons. The second-order valence-electron chi connectivity index (χ2n) is 6.38. The Morgan fingerprint density at radius 2 is 2.00 bits per heavy atom. The first kappa shape index (κ1) is 19.3. The van der Waals surface area contributed by atoms with Gasteiger partial charge in [-0.2, -0.15) is 0 Å². The van der Waals surface area contributed by atoms with Crippen LogP contribution in [-0.2, 0) is 5.75 Å². The summed E-state index contributed by atoms with van der Waals surface area (Å²) < 4.78 is 10.7. The van der Waals surface area contributed by atoms with E-state index in [4.69, 9.17) is 9.47 Å². The van der Waals surface area contributed by atoms with Crippen LogP contribution in [0.2, 0.25) is 0 Å². The number of benzene rings is 2. The number of aliphatic imine (C=N–C) groups is 1. The Kier molecular flexibility index (Phi) is 6.06. The summed E-state index contributed by atoms with van der Waals surface area (Å²) in [4.78, 5) is 19.4. The van der Waals surface area contributed by atoms with E-state index in [0.29, 0.717) is 30.2 Å². The molecule has 27 heavy (non-hydrogen) atoms. The minimum Gasteiger partial charge on any atom is -0.493 e. The first-order chi connectivity index (χ1) is 13.0. The monoisotopic (exact) mass is 384 g/mol.